The summed E-state index contributed by atoms with van der Waals surface area (Å²) in [6, 6.07) is -0.898. The van der Waals surface area contributed by atoms with Gasteiger partial charge < -0.3 is 4.90 Å². The fourth-order valence-corrected chi connectivity index (χ4v) is 4.09. The van der Waals surface area contributed by atoms with E-state index in [9.17, 15) is 40.3 Å². The van der Waals surface area contributed by atoms with Crippen molar-refractivity contribution in [3.63, 3.8) is 0 Å². The summed E-state index contributed by atoms with van der Waals surface area (Å²) in [6.07, 6.45) is -6.16. The van der Waals surface area contributed by atoms with Gasteiger partial charge in [0.1, 0.15) is 6.04 Å². The molecule has 1 fully saturated rings. The Morgan fingerprint density at radius 1 is 1.21 bits per heavy atom. The van der Waals surface area contributed by atoms with Gasteiger partial charge in [-0.15, -0.1) is 5.10 Å². The number of likely N-dealkylation sites (tertiary alicyclic amines) is 1. The van der Waals surface area contributed by atoms with Crippen molar-refractivity contribution in [1.82, 2.24) is 24.2 Å². The zero-order chi connectivity index (χ0) is 24.3. The number of rotatable bonds is 3. The second kappa shape index (κ2) is 7.71. The predicted octanol–water partition coefficient (Wildman–Crippen LogP) is 3.45. The molecule has 0 aliphatic carbocycles. The van der Waals surface area contributed by atoms with E-state index in [2.05, 4.69) is 10.1 Å². The Morgan fingerprint density at radius 3 is 2.48 bits per heavy atom. The molecule has 180 valence electrons. The third-order valence-electron chi connectivity index (χ3n) is 5.55. The van der Waals surface area contributed by atoms with Gasteiger partial charge in [0, 0.05) is 25.6 Å². The van der Waals surface area contributed by atoms with E-state index in [0.29, 0.717) is 21.5 Å². The van der Waals surface area contributed by atoms with Crippen molar-refractivity contribution < 1.29 is 35.5 Å². The van der Waals surface area contributed by atoms with Gasteiger partial charge in [-0.05, 0) is 12.5 Å². The van der Waals surface area contributed by atoms with Crippen molar-refractivity contribution in [2.45, 2.75) is 49.9 Å². The van der Waals surface area contributed by atoms with Crippen LogP contribution in [0.5, 0.6) is 0 Å². The normalized spacial score (nSPS) is 21.8. The van der Waals surface area contributed by atoms with Crippen LogP contribution in [-0.4, -0.2) is 49.2 Å². The highest BCUT2D eigenvalue weighted by Gasteiger charge is 2.49. The second-order valence-electron chi connectivity index (χ2n) is 7.91. The highest BCUT2D eigenvalue weighted by Crippen LogP contribution is 2.40. The van der Waals surface area contributed by atoms with E-state index in [0.717, 1.165) is 4.90 Å². The van der Waals surface area contributed by atoms with Gasteiger partial charge in [0.05, 0.1) is 29.4 Å². The second-order valence-corrected chi connectivity index (χ2v) is 8.32. The van der Waals surface area contributed by atoms with E-state index < -0.39 is 84.4 Å². The first-order valence-corrected chi connectivity index (χ1v) is 10.0. The molecule has 2 aromatic heterocycles. The van der Waals surface area contributed by atoms with E-state index in [1.807, 2.05) is 0 Å². The number of alkyl halides is 7. The van der Waals surface area contributed by atoms with Crippen LogP contribution in [0.3, 0.4) is 0 Å². The van der Waals surface area contributed by atoms with Crippen LogP contribution >= 0.6 is 11.6 Å². The lowest BCUT2D eigenvalue weighted by Crippen LogP contribution is -2.44. The molecule has 7 nitrogen and oxygen atoms in total. The molecule has 1 saturated heterocycles. The SMILES string of the molecule is O=C([C@@H]1CCC(F)(F)c2nn(Cc3ncc(C(F)(F)F)cc3Cl)c(=O)n21)N1CCC(F)(F)C1. The highest BCUT2D eigenvalue weighted by atomic mass is 35.5. The molecule has 2 aliphatic rings. The summed E-state index contributed by atoms with van der Waals surface area (Å²) in [7, 11) is 0. The third-order valence-corrected chi connectivity index (χ3v) is 5.88. The summed E-state index contributed by atoms with van der Waals surface area (Å²) in [6.45, 7) is -1.82. The van der Waals surface area contributed by atoms with E-state index in [-0.39, 0.29) is 12.2 Å². The molecule has 0 unspecified atom stereocenters. The average molecular weight is 502 g/mol. The molecule has 2 aromatic rings. The van der Waals surface area contributed by atoms with Crippen LogP contribution in [0.25, 0.3) is 0 Å². The average Bonchev–Trinajstić information content (AvgIpc) is 3.23. The van der Waals surface area contributed by atoms with Gasteiger partial charge in [-0.25, -0.2) is 18.3 Å². The summed E-state index contributed by atoms with van der Waals surface area (Å²) in [5.41, 5.74) is -2.55. The Morgan fingerprint density at radius 2 is 1.91 bits per heavy atom. The zero-order valence-electron chi connectivity index (χ0n) is 16.6. The summed E-state index contributed by atoms with van der Waals surface area (Å²) in [5.74, 6) is -8.65. The van der Waals surface area contributed by atoms with Crippen molar-refractivity contribution >= 4 is 17.5 Å². The Kier molecular flexibility index (Phi) is 5.49. The smallest absolute Gasteiger partial charge is 0.335 e. The summed E-state index contributed by atoms with van der Waals surface area (Å²) >= 11 is 5.82. The molecule has 0 aromatic carbocycles. The number of aromatic nitrogens is 4. The number of halogens is 8. The van der Waals surface area contributed by atoms with Crippen LogP contribution in [0.4, 0.5) is 30.7 Å². The molecule has 1 atom stereocenters. The molecule has 0 spiro atoms. The molecule has 1 amide bonds. The minimum absolute atomic E-state index is 0.243. The van der Waals surface area contributed by atoms with E-state index in [1.54, 1.807) is 0 Å². The van der Waals surface area contributed by atoms with Crippen molar-refractivity contribution in [2.75, 3.05) is 13.1 Å². The van der Waals surface area contributed by atoms with Gasteiger partial charge in [0.25, 0.3) is 5.92 Å². The molecule has 0 N–H and O–H groups in total. The van der Waals surface area contributed by atoms with Gasteiger partial charge in [-0.1, -0.05) is 11.6 Å². The molecular weight excluding hydrogens is 487 g/mol. The Labute approximate surface area is 185 Å². The van der Waals surface area contributed by atoms with E-state index in [4.69, 9.17) is 11.6 Å². The quantitative estimate of drug-likeness (QED) is 0.604. The number of carbonyl (C=O) groups excluding carboxylic acids is 1. The summed E-state index contributed by atoms with van der Waals surface area (Å²) < 4.78 is 95.3. The summed E-state index contributed by atoms with van der Waals surface area (Å²) in [5, 5.41) is 3.10. The van der Waals surface area contributed by atoms with Crippen LogP contribution in [0.15, 0.2) is 17.1 Å². The Hall–Kier alpha value is -2.64. The first-order valence-electron chi connectivity index (χ1n) is 9.65. The number of pyridine rings is 1. The number of hydrogen-bond acceptors (Lipinski definition) is 4. The number of hydrogen-bond donors (Lipinski definition) is 0. The van der Waals surface area contributed by atoms with E-state index >= 15 is 0 Å². The molecule has 0 saturated carbocycles. The van der Waals surface area contributed by atoms with Gasteiger partial charge in [-0.2, -0.15) is 22.0 Å². The maximum absolute atomic E-state index is 14.5. The standard InChI is InChI=1S/C18H15ClF7N5O2/c19-10-5-9(18(24,25)26)6-27-11(10)7-30-15(33)31-12(1-2-17(22,23)14(31)28-30)13(32)29-4-3-16(20,21)8-29/h5-6,12H,1-4,7-8H2/t12-/m0/s1. The minimum atomic E-state index is -4.72. The first-order chi connectivity index (χ1) is 15.2. The zero-order valence-corrected chi connectivity index (χ0v) is 17.3. The van der Waals surface area contributed by atoms with Crippen LogP contribution in [0.1, 0.15) is 42.4 Å². The summed E-state index contributed by atoms with van der Waals surface area (Å²) in [4.78, 5) is 30.0. The molecule has 0 bridgehead atoms. The lowest BCUT2D eigenvalue weighted by atomic mass is 10.0. The first kappa shape index (κ1) is 23.5. The van der Waals surface area contributed by atoms with Crippen molar-refractivity contribution in [2.24, 2.45) is 0 Å². The Balaban J connectivity index is 1.68. The molecule has 2 aliphatic heterocycles. The van der Waals surface area contributed by atoms with Crippen LogP contribution in [-0.2, 0) is 23.4 Å². The third kappa shape index (κ3) is 4.32. The number of amides is 1. The van der Waals surface area contributed by atoms with Crippen molar-refractivity contribution in [3.8, 4) is 0 Å². The van der Waals surface area contributed by atoms with Crippen molar-refractivity contribution in [1.29, 1.82) is 0 Å². The maximum atomic E-state index is 14.5. The number of fused-ring (bicyclic) bond motifs is 1. The van der Waals surface area contributed by atoms with Crippen molar-refractivity contribution in [3.05, 3.63) is 44.9 Å². The number of carbonyl (C=O) groups is 1. The fraction of sp³-hybridized carbons (Fsp3) is 0.556. The molecule has 4 heterocycles. The fourth-order valence-electron chi connectivity index (χ4n) is 3.86. The topological polar surface area (TPSA) is 73.0 Å². The molecule has 0 radical (unpaired) electrons. The lowest BCUT2D eigenvalue weighted by Gasteiger charge is -2.30. The van der Waals surface area contributed by atoms with Gasteiger partial charge in [0.2, 0.25) is 11.7 Å². The maximum Gasteiger partial charge on any atom is 0.417 e. The van der Waals surface area contributed by atoms with E-state index in [1.165, 1.54) is 0 Å². The molecule has 4 rings (SSSR count). The predicted molar refractivity (Wildman–Crippen MR) is 98.1 cm³/mol. The van der Waals surface area contributed by atoms with Gasteiger partial charge in [0.15, 0.2) is 0 Å². The largest absolute Gasteiger partial charge is 0.417 e. The van der Waals surface area contributed by atoms with Gasteiger partial charge in [-0.3, -0.25) is 14.3 Å². The molecule has 33 heavy (non-hydrogen) atoms. The minimum Gasteiger partial charge on any atom is -0.335 e. The van der Waals surface area contributed by atoms with Crippen LogP contribution in [0, 0.1) is 0 Å². The monoisotopic (exact) mass is 501 g/mol. The Bertz CT molecular complexity index is 1160. The number of nitrogens with zero attached hydrogens (tertiary/aromatic N) is 5. The lowest BCUT2D eigenvalue weighted by molar-refractivity contribution is -0.138. The van der Waals surface area contributed by atoms with Gasteiger partial charge >= 0.3 is 17.8 Å². The molecule has 15 heteroatoms. The van der Waals surface area contributed by atoms with Crippen LogP contribution < -0.4 is 5.69 Å². The van der Waals surface area contributed by atoms with Crippen LogP contribution in [0.2, 0.25) is 5.02 Å². The highest BCUT2D eigenvalue weighted by molar-refractivity contribution is 6.31. The molecular formula is C18H15ClF7N5O2.